The average molecular weight is 311 g/mol. The van der Waals surface area contributed by atoms with Crippen molar-refractivity contribution in [3.63, 3.8) is 0 Å². The van der Waals surface area contributed by atoms with Gasteiger partial charge in [-0.25, -0.2) is 0 Å². The zero-order chi connectivity index (χ0) is 14.7. The third-order valence-corrected chi connectivity index (χ3v) is 4.72. The highest BCUT2D eigenvalue weighted by molar-refractivity contribution is 7.12. The molecular weight excluding hydrogens is 296 g/mol. The standard InChI is InChI=1S/C14H15ClN2O2S/c1-3-11-5-7-14(20-11)9(2)16-10-4-6-12(15)13(8-10)17(18)19/h4-9,16H,3H2,1-2H3. The van der Waals surface area contributed by atoms with Crippen molar-refractivity contribution >= 4 is 34.3 Å². The van der Waals surface area contributed by atoms with E-state index in [0.717, 1.165) is 6.42 Å². The largest absolute Gasteiger partial charge is 0.378 e. The van der Waals surface area contributed by atoms with Crippen LogP contribution >= 0.6 is 22.9 Å². The Labute approximate surface area is 126 Å². The maximum atomic E-state index is 10.9. The molecule has 106 valence electrons. The lowest BCUT2D eigenvalue weighted by Crippen LogP contribution is -2.05. The van der Waals surface area contributed by atoms with Gasteiger partial charge in [0, 0.05) is 21.5 Å². The molecule has 2 rings (SSSR count). The molecule has 0 fully saturated rings. The first-order valence-corrected chi connectivity index (χ1v) is 7.49. The van der Waals surface area contributed by atoms with Gasteiger partial charge in [0.25, 0.3) is 5.69 Å². The van der Waals surface area contributed by atoms with Crippen LogP contribution in [0.4, 0.5) is 11.4 Å². The minimum Gasteiger partial charge on any atom is -0.378 e. The highest BCUT2D eigenvalue weighted by Crippen LogP contribution is 2.31. The van der Waals surface area contributed by atoms with Crippen molar-refractivity contribution in [2.45, 2.75) is 26.3 Å². The van der Waals surface area contributed by atoms with Gasteiger partial charge in [0.2, 0.25) is 0 Å². The lowest BCUT2D eigenvalue weighted by atomic mass is 10.2. The van der Waals surface area contributed by atoms with Crippen LogP contribution in [0.25, 0.3) is 0 Å². The highest BCUT2D eigenvalue weighted by atomic mass is 35.5. The summed E-state index contributed by atoms with van der Waals surface area (Å²) in [6, 6.07) is 9.06. The Bertz CT molecular complexity index is 627. The summed E-state index contributed by atoms with van der Waals surface area (Å²) in [7, 11) is 0. The van der Waals surface area contributed by atoms with E-state index in [1.165, 1.54) is 15.8 Å². The molecule has 0 saturated heterocycles. The first-order valence-electron chi connectivity index (χ1n) is 6.30. The monoisotopic (exact) mass is 310 g/mol. The number of rotatable bonds is 5. The van der Waals surface area contributed by atoms with E-state index in [4.69, 9.17) is 11.6 Å². The highest BCUT2D eigenvalue weighted by Gasteiger charge is 2.14. The second-order valence-electron chi connectivity index (χ2n) is 4.45. The smallest absolute Gasteiger partial charge is 0.289 e. The number of nitrogens with one attached hydrogen (secondary N) is 1. The summed E-state index contributed by atoms with van der Waals surface area (Å²) in [6.45, 7) is 4.15. The molecule has 0 aliphatic rings. The number of thiophene rings is 1. The summed E-state index contributed by atoms with van der Waals surface area (Å²) >= 11 is 7.55. The molecule has 1 aromatic carbocycles. The Morgan fingerprint density at radius 1 is 1.40 bits per heavy atom. The van der Waals surface area contributed by atoms with Crippen LogP contribution in [0, 0.1) is 10.1 Å². The molecule has 1 unspecified atom stereocenters. The van der Waals surface area contributed by atoms with E-state index >= 15 is 0 Å². The van der Waals surface area contributed by atoms with Crippen LogP contribution in [0.1, 0.15) is 29.6 Å². The molecule has 20 heavy (non-hydrogen) atoms. The number of nitro benzene ring substituents is 1. The Hall–Kier alpha value is -1.59. The Balaban J connectivity index is 2.17. The van der Waals surface area contributed by atoms with Gasteiger partial charge < -0.3 is 5.32 Å². The molecule has 1 heterocycles. The van der Waals surface area contributed by atoms with E-state index in [1.54, 1.807) is 23.5 Å². The molecule has 0 saturated carbocycles. The van der Waals surface area contributed by atoms with Crippen LogP contribution < -0.4 is 5.32 Å². The van der Waals surface area contributed by atoms with E-state index in [9.17, 15) is 10.1 Å². The third kappa shape index (κ3) is 3.29. The van der Waals surface area contributed by atoms with Crippen LogP contribution in [0.5, 0.6) is 0 Å². The minimum absolute atomic E-state index is 0.0794. The number of halogens is 1. The minimum atomic E-state index is -0.474. The number of anilines is 1. The molecule has 4 nitrogen and oxygen atoms in total. The number of hydrogen-bond donors (Lipinski definition) is 1. The van der Waals surface area contributed by atoms with Gasteiger partial charge in [0.15, 0.2) is 0 Å². The van der Waals surface area contributed by atoms with E-state index < -0.39 is 4.92 Å². The molecule has 0 aliphatic carbocycles. The summed E-state index contributed by atoms with van der Waals surface area (Å²) in [4.78, 5) is 12.9. The molecule has 0 radical (unpaired) electrons. The average Bonchev–Trinajstić information content (AvgIpc) is 2.89. The van der Waals surface area contributed by atoms with Crippen LogP contribution in [-0.4, -0.2) is 4.92 Å². The van der Waals surface area contributed by atoms with Gasteiger partial charge in [0.05, 0.1) is 11.0 Å². The predicted molar refractivity (Wildman–Crippen MR) is 83.8 cm³/mol. The van der Waals surface area contributed by atoms with Crippen molar-refractivity contribution in [2.75, 3.05) is 5.32 Å². The van der Waals surface area contributed by atoms with Crippen molar-refractivity contribution in [2.24, 2.45) is 0 Å². The first-order chi connectivity index (χ1) is 9.51. The predicted octanol–water partition coefficient (Wildman–Crippen LogP) is 5.05. The molecule has 1 N–H and O–H groups in total. The Morgan fingerprint density at radius 3 is 2.75 bits per heavy atom. The van der Waals surface area contributed by atoms with Gasteiger partial charge >= 0.3 is 0 Å². The van der Waals surface area contributed by atoms with Crippen molar-refractivity contribution in [1.29, 1.82) is 0 Å². The SMILES string of the molecule is CCc1ccc(C(C)Nc2ccc(Cl)c([N+](=O)[O-])c2)s1. The third-order valence-electron chi connectivity index (χ3n) is 2.98. The zero-order valence-electron chi connectivity index (χ0n) is 11.2. The van der Waals surface area contributed by atoms with Crippen molar-refractivity contribution in [3.05, 3.63) is 55.2 Å². The second-order valence-corrected chi connectivity index (χ2v) is 6.05. The fourth-order valence-corrected chi connectivity index (χ4v) is 3.02. The summed E-state index contributed by atoms with van der Waals surface area (Å²) in [5.41, 5.74) is 0.615. The summed E-state index contributed by atoms with van der Waals surface area (Å²) in [5, 5.41) is 14.3. The fraction of sp³-hybridized carbons (Fsp3) is 0.286. The summed E-state index contributed by atoms with van der Waals surface area (Å²) in [5.74, 6) is 0. The van der Waals surface area contributed by atoms with Crippen molar-refractivity contribution in [3.8, 4) is 0 Å². The van der Waals surface area contributed by atoms with E-state index in [-0.39, 0.29) is 16.8 Å². The number of nitro groups is 1. The van der Waals surface area contributed by atoms with Crippen molar-refractivity contribution < 1.29 is 4.92 Å². The molecule has 0 spiro atoms. The van der Waals surface area contributed by atoms with Gasteiger partial charge in [-0.3, -0.25) is 10.1 Å². The van der Waals surface area contributed by atoms with Gasteiger partial charge in [-0.2, -0.15) is 0 Å². The van der Waals surface area contributed by atoms with Gasteiger partial charge in [-0.15, -0.1) is 11.3 Å². The quantitative estimate of drug-likeness (QED) is 0.621. The zero-order valence-corrected chi connectivity index (χ0v) is 12.8. The van der Waals surface area contributed by atoms with Gasteiger partial charge in [-0.1, -0.05) is 18.5 Å². The molecule has 0 amide bonds. The van der Waals surface area contributed by atoms with Crippen molar-refractivity contribution in [1.82, 2.24) is 0 Å². The normalized spacial score (nSPS) is 12.2. The molecule has 6 heteroatoms. The maximum absolute atomic E-state index is 10.9. The summed E-state index contributed by atoms with van der Waals surface area (Å²) < 4.78 is 0. The number of aryl methyl sites for hydroxylation is 1. The molecule has 2 aromatic rings. The number of nitrogens with zero attached hydrogens (tertiary/aromatic N) is 1. The van der Waals surface area contributed by atoms with Crippen LogP contribution in [0.2, 0.25) is 5.02 Å². The fourth-order valence-electron chi connectivity index (χ4n) is 1.88. The molecule has 1 aromatic heterocycles. The molecule has 1 atom stereocenters. The van der Waals surface area contributed by atoms with Crippen LogP contribution in [0.15, 0.2) is 30.3 Å². The van der Waals surface area contributed by atoms with E-state index in [2.05, 4.69) is 24.4 Å². The lowest BCUT2D eigenvalue weighted by Gasteiger charge is -2.13. The molecule has 0 bridgehead atoms. The van der Waals surface area contributed by atoms with E-state index in [0.29, 0.717) is 5.69 Å². The number of benzene rings is 1. The first kappa shape index (κ1) is 14.8. The lowest BCUT2D eigenvalue weighted by molar-refractivity contribution is -0.384. The Morgan fingerprint density at radius 2 is 2.15 bits per heavy atom. The van der Waals surface area contributed by atoms with E-state index in [1.807, 2.05) is 6.92 Å². The second kappa shape index (κ2) is 6.24. The van der Waals surface area contributed by atoms with Crippen LogP contribution in [-0.2, 0) is 6.42 Å². The summed E-state index contributed by atoms with van der Waals surface area (Å²) in [6.07, 6.45) is 1.02. The maximum Gasteiger partial charge on any atom is 0.289 e. The molecule has 0 aliphatic heterocycles. The van der Waals surface area contributed by atoms with Crippen LogP contribution in [0.3, 0.4) is 0 Å². The molecular formula is C14H15ClN2O2S. The van der Waals surface area contributed by atoms with Gasteiger partial charge in [-0.05, 0) is 37.6 Å². The topological polar surface area (TPSA) is 55.2 Å². The Kier molecular flexibility index (Phi) is 4.62. The number of hydrogen-bond acceptors (Lipinski definition) is 4. The van der Waals surface area contributed by atoms with Gasteiger partial charge in [0.1, 0.15) is 5.02 Å².